The van der Waals surface area contributed by atoms with E-state index >= 15 is 0 Å². The van der Waals surface area contributed by atoms with Crippen LogP contribution in [0.5, 0.6) is 0 Å². The number of piperidine rings is 1. The van der Waals surface area contributed by atoms with Crippen LogP contribution in [0.2, 0.25) is 0 Å². The second-order valence-electron chi connectivity index (χ2n) is 12.1. The first-order valence-electron chi connectivity index (χ1n) is 14.3. The van der Waals surface area contributed by atoms with Crippen molar-refractivity contribution in [3.05, 3.63) is 77.9 Å². The number of nitrogen functional groups attached to an aromatic ring is 1. The number of fused-ring (bicyclic) bond motifs is 1. The number of rotatable bonds is 6. The van der Waals surface area contributed by atoms with Crippen LogP contribution in [0.4, 0.5) is 11.5 Å². The smallest absolute Gasteiger partial charge is 0.230 e. The molecule has 0 aliphatic carbocycles. The molecular weight excluding hydrogens is 528 g/mol. The number of carbonyl (C=O) groups excluding carboxylic acids is 1. The molecule has 1 aliphatic rings. The SMILES string of the molecule is CN1CCC(c2ccc(-c3nn(-c4ccc(NC(=O)Cc5cc(C(C)(C)C)on5)cc4)c4ncnc(N)c34)cc2)CC1. The van der Waals surface area contributed by atoms with Gasteiger partial charge in [-0.15, -0.1) is 0 Å². The zero-order valence-corrected chi connectivity index (χ0v) is 24.5. The van der Waals surface area contributed by atoms with Gasteiger partial charge in [0.25, 0.3) is 0 Å². The third kappa shape index (κ3) is 5.62. The number of nitrogens with one attached hydrogen (secondary N) is 1. The monoisotopic (exact) mass is 564 g/mol. The number of carbonyl (C=O) groups is 1. The molecular formula is C32H36N8O2. The molecule has 0 spiro atoms. The van der Waals surface area contributed by atoms with Crippen molar-refractivity contribution in [2.45, 2.75) is 51.4 Å². The van der Waals surface area contributed by atoms with Gasteiger partial charge >= 0.3 is 0 Å². The minimum atomic E-state index is -0.174. The fraction of sp³-hybridized carbons (Fsp3) is 0.344. The lowest BCUT2D eigenvalue weighted by atomic mass is 9.89. The van der Waals surface area contributed by atoms with Crippen LogP contribution < -0.4 is 11.1 Å². The van der Waals surface area contributed by atoms with Gasteiger partial charge in [0.05, 0.1) is 23.2 Å². The van der Waals surface area contributed by atoms with Crippen LogP contribution in [0, 0.1) is 0 Å². The Morgan fingerprint density at radius 1 is 1.05 bits per heavy atom. The maximum atomic E-state index is 12.7. The van der Waals surface area contributed by atoms with Crippen LogP contribution >= 0.6 is 0 Å². The zero-order chi connectivity index (χ0) is 29.4. The number of amides is 1. The second-order valence-corrected chi connectivity index (χ2v) is 12.1. The standard InChI is InChI=1S/C32H36N8O2/c1-32(2,3)26-17-24(38-42-26)18-27(41)36-23-9-11-25(12-10-23)40-31-28(30(33)34-19-35-31)29(37-40)22-7-5-20(6-8-22)21-13-15-39(4)16-14-21/h5-12,17,19,21H,13-16,18H2,1-4H3,(H,36,41)(H2,33,34,35). The zero-order valence-electron chi connectivity index (χ0n) is 24.5. The maximum Gasteiger partial charge on any atom is 0.230 e. The summed E-state index contributed by atoms with van der Waals surface area (Å²) in [5, 5.41) is 12.6. The van der Waals surface area contributed by atoms with E-state index in [1.165, 1.54) is 24.7 Å². The third-order valence-electron chi connectivity index (χ3n) is 7.90. The average molecular weight is 565 g/mol. The lowest BCUT2D eigenvalue weighted by Crippen LogP contribution is -2.29. The lowest BCUT2D eigenvalue weighted by molar-refractivity contribution is -0.115. The summed E-state index contributed by atoms with van der Waals surface area (Å²) in [7, 11) is 2.18. The van der Waals surface area contributed by atoms with Crippen molar-refractivity contribution in [3.63, 3.8) is 0 Å². The number of hydrogen-bond donors (Lipinski definition) is 2. The Morgan fingerprint density at radius 3 is 2.43 bits per heavy atom. The largest absolute Gasteiger partial charge is 0.383 e. The Hall–Kier alpha value is -4.57. The molecule has 0 atom stereocenters. The van der Waals surface area contributed by atoms with Gasteiger partial charge in [-0.05, 0) is 68.7 Å². The van der Waals surface area contributed by atoms with Crippen LogP contribution in [0.25, 0.3) is 28.0 Å². The molecule has 3 N–H and O–H groups in total. The number of nitrogens with two attached hydrogens (primary N) is 1. The topological polar surface area (TPSA) is 128 Å². The molecule has 0 unspecified atom stereocenters. The summed E-state index contributed by atoms with van der Waals surface area (Å²) in [4.78, 5) is 23.8. The van der Waals surface area contributed by atoms with Crippen LogP contribution in [-0.4, -0.2) is 55.8 Å². The fourth-order valence-electron chi connectivity index (χ4n) is 5.42. The van der Waals surface area contributed by atoms with Gasteiger partial charge in [0, 0.05) is 22.7 Å². The number of benzene rings is 2. The van der Waals surface area contributed by atoms with E-state index < -0.39 is 0 Å². The molecule has 42 heavy (non-hydrogen) atoms. The van der Waals surface area contributed by atoms with Crippen molar-refractivity contribution in [3.8, 4) is 16.9 Å². The van der Waals surface area contributed by atoms with Gasteiger partial charge in [0.1, 0.15) is 23.6 Å². The lowest BCUT2D eigenvalue weighted by Gasteiger charge is -2.29. The average Bonchev–Trinajstić information content (AvgIpc) is 3.60. The first kappa shape index (κ1) is 27.6. The summed E-state index contributed by atoms with van der Waals surface area (Å²) in [5.41, 5.74) is 11.9. The number of aromatic nitrogens is 5. The van der Waals surface area contributed by atoms with Gasteiger partial charge in [0.15, 0.2) is 5.65 Å². The molecule has 1 amide bonds. The quantitative estimate of drug-likeness (QED) is 0.283. The Balaban J connectivity index is 1.22. The molecule has 1 aliphatic heterocycles. The minimum absolute atomic E-state index is 0.126. The third-order valence-corrected chi connectivity index (χ3v) is 7.90. The Labute approximate surface area is 244 Å². The van der Waals surface area contributed by atoms with E-state index in [-0.39, 0.29) is 17.7 Å². The Kier molecular flexibility index (Phi) is 7.24. The fourth-order valence-corrected chi connectivity index (χ4v) is 5.42. The summed E-state index contributed by atoms with van der Waals surface area (Å²) >= 11 is 0. The first-order valence-corrected chi connectivity index (χ1v) is 14.3. The predicted molar refractivity (Wildman–Crippen MR) is 164 cm³/mol. The van der Waals surface area contributed by atoms with Gasteiger partial charge in [-0.25, -0.2) is 14.6 Å². The first-order chi connectivity index (χ1) is 20.2. The van der Waals surface area contributed by atoms with E-state index in [2.05, 4.69) is 56.7 Å². The molecule has 10 heteroatoms. The molecule has 0 saturated carbocycles. The number of likely N-dealkylation sites (tertiary alicyclic amines) is 1. The molecule has 4 heterocycles. The van der Waals surface area contributed by atoms with E-state index in [0.717, 1.165) is 35.8 Å². The highest BCUT2D eigenvalue weighted by molar-refractivity contribution is 5.99. The summed E-state index contributed by atoms with van der Waals surface area (Å²) in [6, 6.07) is 17.9. The van der Waals surface area contributed by atoms with E-state index in [1.807, 2.05) is 51.1 Å². The van der Waals surface area contributed by atoms with Crippen molar-refractivity contribution in [2.24, 2.45) is 0 Å². The van der Waals surface area contributed by atoms with Gasteiger partial charge in [-0.1, -0.05) is 50.2 Å². The molecule has 0 bridgehead atoms. The maximum absolute atomic E-state index is 12.7. The van der Waals surface area contributed by atoms with Crippen LogP contribution in [0.1, 0.15) is 56.5 Å². The summed E-state index contributed by atoms with van der Waals surface area (Å²) in [6.07, 6.45) is 3.92. The number of hydrogen-bond acceptors (Lipinski definition) is 8. The van der Waals surface area contributed by atoms with Gasteiger partial charge in [-0.3, -0.25) is 4.79 Å². The highest BCUT2D eigenvalue weighted by Gasteiger charge is 2.22. The second kappa shape index (κ2) is 11.0. The highest BCUT2D eigenvalue weighted by Crippen LogP contribution is 2.34. The van der Waals surface area contributed by atoms with Gasteiger partial charge < -0.3 is 20.5 Å². The van der Waals surface area contributed by atoms with Crippen LogP contribution in [-0.2, 0) is 16.6 Å². The molecule has 6 rings (SSSR count). The molecule has 0 radical (unpaired) electrons. The summed E-state index contributed by atoms with van der Waals surface area (Å²) < 4.78 is 7.17. The van der Waals surface area contributed by atoms with E-state index in [9.17, 15) is 4.79 Å². The normalized spacial score (nSPS) is 14.9. The minimum Gasteiger partial charge on any atom is -0.383 e. The highest BCUT2D eigenvalue weighted by atomic mass is 16.5. The van der Waals surface area contributed by atoms with Gasteiger partial charge in [-0.2, -0.15) is 5.10 Å². The van der Waals surface area contributed by atoms with Crippen molar-refractivity contribution in [1.29, 1.82) is 0 Å². The molecule has 1 saturated heterocycles. The van der Waals surface area contributed by atoms with E-state index in [1.54, 1.807) is 4.68 Å². The summed E-state index contributed by atoms with van der Waals surface area (Å²) in [5.74, 6) is 1.53. The summed E-state index contributed by atoms with van der Waals surface area (Å²) in [6.45, 7) is 8.36. The van der Waals surface area contributed by atoms with Crippen molar-refractivity contribution in [2.75, 3.05) is 31.2 Å². The Bertz CT molecular complexity index is 1710. The Morgan fingerprint density at radius 2 is 1.76 bits per heavy atom. The molecule has 2 aromatic carbocycles. The number of anilines is 2. The van der Waals surface area contributed by atoms with Gasteiger partial charge in [0.2, 0.25) is 5.91 Å². The molecule has 216 valence electrons. The predicted octanol–water partition coefficient (Wildman–Crippen LogP) is 5.34. The van der Waals surface area contributed by atoms with E-state index in [0.29, 0.717) is 34.2 Å². The number of nitrogens with zero attached hydrogens (tertiary/aromatic N) is 6. The van der Waals surface area contributed by atoms with Crippen LogP contribution in [0.3, 0.4) is 0 Å². The molecule has 5 aromatic rings. The molecule has 1 fully saturated rings. The van der Waals surface area contributed by atoms with Crippen LogP contribution in [0.15, 0.2) is 65.4 Å². The molecule has 10 nitrogen and oxygen atoms in total. The van der Waals surface area contributed by atoms with Crippen molar-refractivity contribution >= 4 is 28.4 Å². The van der Waals surface area contributed by atoms with E-state index in [4.69, 9.17) is 15.4 Å². The van der Waals surface area contributed by atoms with Crippen molar-refractivity contribution in [1.82, 2.24) is 29.8 Å². The van der Waals surface area contributed by atoms with Crippen molar-refractivity contribution < 1.29 is 9.32 Å². The molecule has 3 aromatic heterocycles.